The Kier molecular flexibility index (Phi) is 9.58. The number of hydrogen-bond acceptors (Lipinski definition) is 2. The highest BCUT2D eigenvalue weighted by Crippen LogP contribution is 2.17. The Bertz CT molecular complexity index is 531. The van der Waals surface area contributed by atoms with Crippen molar-refractivity contribution in [3.8, 4) is 0 Å². The van der Waals surface area contributed by atoms with E-state index in [0.29, 0.717) is 12.1 Å². The third-order valence-corrected chi connectivity index (χ3v) is 4.24. The van der Waals surface area contributed by atoms with Gasteiger partial charge in [-0.2, -0.15) is 0 Å². The molecule has 1 aliphatic heterocycles. The molecule has 1 heterocycles. The van der Waals surface area contributed by atoms with Gasteiger partial charge in [-0.3, -0.25) is 0 Å². The molecule has 1 fully saturated rings. The van der Waals surface area contributed by atoms with Gasteiger partial charge in [0, 0.05) is 32.3 Å². The van der Waals surface area contributed by atoms with Gasteiger partial charge in [-0.25, -0.2) is 9.38 Å². The zero-order valence-electron chi connectivity index (χ0n) is 14.8. The van der Waals surface area contributed by atoms with Gasteiger partial charge in [-0.05, 0) is 43.4 Å². The fraction of sp³-hybridized carbons (Fsp3) is 0.611. The van der Waals surface area contributed by atoms with Crippen LogP contribution in [0.3, 0.4) is 0 Å². The van der Waals surface area contributed by atoms with Gasteiger partial charge in [-0.1, -0.05) is 13.0 Å². The highest BCUT2D eigenvalue weighted by molar-refractivity contribution is 14.0. The summed E-state index contributed by atoms with van der Waals surface area (Å²) in [6.45, 7) is 8.16. The Morgan fingerprint density at radius 2 is 2.08 bits per heavy atom. The fourth-order valence-electron chi connectivity index (χ4n) is 2.80. The van der Waals surface area contributed by atoms with E-state index in [4.69, 9.17) is 9.73 Å². The molecule has 1 aliphatic rings. The molecule has 0 aliphatic carbocycles. The zero-order valence-corrected chi connectivity index (χ0v) is 17.2. The number of halogens is 2. The summed E-state index contributed by atoms with van der Waals surface area (Å²) in [5, 5.41) is 3.37. The van der Waals surface area contributed by atoms with Crippen LogP contribution in [-0.4, -0.2) is 37.6 Å². The molecule has 0 amide bonds. The van der Waals surface area contributed by atoms with Gasteiger partial charge in [0.05, 0.1) is 13.2 Å². The Morgan fingerprint density at radius 3 is 2.71 bits per heavy atom. The van der Waals surface area contributed by atoms with Crippen molar-refractivity contribution in [1.82, 2.24) is 10.2 Å². The zero-order chi connectivity index (χ0) is 16.7. The number of rotatable bonds is 5. The first-order chi connectivity index (χ1) is 11.1. The molecule has 136 valence electrons. The van der Waals surface area contributed by atoms with E-state index in [1.54, 1.807) is 13.2 Å². The van der Waals surface area contributed by atoms with Crippen molar-refractivity contribution in [3.05, 3.63) is 35.1 Å². The highest BCUT2D eigenvalue weighted by Gasteiger charge is 2.18. The Balaban J connectivity index is 0.00000288. The molecule has 2 rings (SSSR count). The number of piperidine rings is 1. The Hall–Kier alpha value is -0.890. The van der Waals surface area contributed by atoms with Gasteiger partial charge in [-0.15, -0.1) is 24.0 Å². The van der Waals surface area contributed by atoms with E-state index in [-0.39, 0.29) is 36.4 Å². The van der Waals surface area contributed by atoms with Gasteiger partial charge in [0.2, 0.25) is 0 Å². The molecular weight excluding hydrogens is 420 g/mol. The van der Waals surface area contributed by atoms with Gasteiger partial charge < -0.3 is 15.0 Å². The van der Waals surface area contributed by atoms with Gasteiger partial charge in [0.15, 0.2) is 5.96 Å². The molecule has 1 aromatic rings. The van der Waals surface area contributed by atoms with Crippen molar-refractivity contribution >= 4 is 29.9 Å². The first kappa shape index (κ1) is 21.2. The molecule has 0 saturated carbocycles. The van der Waals surface area contributed by atoms with Crippen LogP contribution in [0.15, 0.2) is 23.2 Å². The third-order valence-electron chi connectivity index (χ3n) is 4.24. The number of hydrogen-bond donors (Lipinski definition) is 1. The van der Waals surface area contributed by atoms with Crippen LogP contribution in [0.25, 0.3) is 0 Å². The lowest BCUT2D eigenvalue weighted by atomic mass is 10.00. The van der Waals surface area contributed by atoms with E-state index >= 15 is 0 Å². The van der Waals surface area contributed by atoms with Gasteiger partial charge >= 0.3 is 0 Å². The van der Waals surface area contributed by atoms with Crippen molar-refractivity contribution in [2.45, 2.75) is 39.8 Å². The van der Waals surface area contributed by atoms with Crippen molar-refractivity contribution in [1.29, 1.82) is 0 Å². The molecule has 0 atom stereocenters. The van der Waals surface area contributed by atoms with E-state index in [9.17, 15) is 4.39 Å². The molecule has 1 N–H and O–H groups in total. The molecular formula is C18H29FIN3O. The molecule has 0 radical (unpaired) electrons. The van der Waals surface area contributed by atoms with Crippen LogP contribution < -0.4 is 5.32 Å². The number of aliphatic imine (C=N–C) groups is 1. The van der Waals surface area contributed by atoms with Crippen LogP contribution in [0, 0.1) is 11.7 Å². The summed E-state index contributed by atoms with van der Waals surface area (Å²) in [7, 11) is 1.57. The van der Waals surface area contributed by atoms with Crippen LogP contribution in [0.1, 0.15) is 37.8 Å². The number of nitrogens with one attached hydrogen (secondary N) is 1. The Morgan fingerprint density at radius 1 is 1.38 bits per heavy atom. The summed E-state index contributed by atoms with van der Waals surface area (Å²) >= 11 is 0. The predicted molar refractivity (Wildman–Crippen MR) is 107 cm³/mol. The van der Waals surface area contributed by atoms with E-state index in [0.717, 1.165) is 37.1 Å². The van der Waals surface area contributed by atoms with Crippen LogP contribution in [0.2, 0.25) is 0 Å². The summed E-state index contributed by atoms with van der Waals surface area (Å²) in [5.41, 5.74) is 1.58. The van der Waals surface area contributed by atoms with Crippen LogP contribution in [0.5, 0.6) is 0 Å². The lowest BCUT2D eigenvalue weighted by Gasteiger charge is -2.33. The largest absolute Gasteiger partial charge is 0.380 e. The van der Waals surface area contributed by atoms with Crippen molar-refractivity contribution in [3.63, 3.8) is 0 Å². The first-order valence-electron chi connectivity index (χ1n) is 8.43. The normalized spacial score (nSPS) is 16.0. The number of guanidine groups is 1. The van der Waals surface area contributed by atoms with Gasteiger partial charge in [0.25, 0.3) is 0 Å². The minimum Gasteiger partial charge on any atom is -0.380 e. The monoisotopic (exact) mass is 449 g/mol. The topological polar surface area (TPSA) is 36.9 Å². The maximum Gasteiger partial charge on any atom is 0.194 e. The molecule has 0 unspecified atom stereocenters. The first-order valence-corrected chi connectivity index (χ1v) is 8.43. The lowest BCUT2D eigenvalue weighted by Crippen LogP contribution is -2.45. The van der Waals surface area contributed by atoms with E-state index in [1.165, 1.54) is 18.9 Å². The number of methoxy groups -OCH3 is 1. The predicted octanol–water partition coefficient (Wildman–Crippen LogP) is 3.79. The molecule has 1 aromatic carbocycles. The van der Waals surface area contributed by atoms with Crippen molar-refractivity contribution < 1.29 is 9.13 Å². The molecule has 6 heteroatoms. The molecule has 0 bridgehead atoms. The summed E-state index contributed by atoms with van der Waals surface area (Å²) in [5.74, 6) is 1.52. The minimum atomic E-state index is -0.225. The molecule has 0 aromatic heterocycles. The molecule has 4 nitrogen and oxygen atoms in total. The second kappa shape index (κ2) is 10.9. The summed E-state index contributed by atoms with van der Waals surface area (Å²) < 4.78 is 18.7. The van der Waals surface area contributed by atoms with E-state index < -0.39 is 0 Å². The second-order valence-electron chi connectivity index (χ2n) is 6.20. The lowest BCUT2D eigenvalue weighted by molar-refractivity contribution is 0.181. The molecule has 1 saturated heterocycles. The maximum atomic E-state index is 13.7. The van der Waals surface area contributed by atoms with E-state index in [2.05, 4.69) is 24.1 Å². The SMILES string of the molecule is CCNC(=NCc1ccc(F)c(COC)c1)N1CCC(C)CC1.I. The van der Waals surface area contributed by atoms with Crippen LogP contribution in [-0.2, 0) is 17.9 Å². The number of likely N-dealkylation sites (tertiary alicyclic amines) is 1. The second-order valence-corrected chi connectivity index (χ2v) is 6.20. The quantitative estimate of drug-likeness (QED) is 0.422. The Labute approximate surface area is 161 Å². The standard InChI is InChI=1S/C18H28FN3O.HI/c1-4-20-18(22-9-7-14(2)8-10-22)21-12-15-5-6-17(19)16(11-15)13-23-3;/h5-6,11,14H,4,7-10,12-13H2,1-3H3,(H,20,21);1H. The van der Waals surface area contributed by atoms with Crippen molar-refractivity contribution in [2.24, 2.45) is 10.9 Å². The number of ether oxygens (including phenoxy) is 1. The maximum absolute atomic E-state index is 13.7. The third kappa shape index (κ3) is 6.20. The van der Waals surface area contributed by atoms with Crippen LogP contribution >= 0.6 is 24.0 Å². The fourth-order valence-corrected chi connectivity index (χ4v) is 2.80. The van der Waals surface area contributed by atoms with Gasteiger partial charge in [0.1, 0.15) is 5.82 Å². The van der Waals surface area contributed by atoms with Crippen molar-refractivity contribution in [2.75, 3.05) is 26.7 Å². The average molecular weight is 449 g/mol. The summed E-state index contributed by atoms with van der Waals surface area (Å²) in [6, 6.07) is 5.12. The summed E-state index contributed by atoms with van der Waals surface area (Å²) in [4.78, 5) is 7.05. The molecule has 0 spiro atoms. The summed E-state index contributed by atoms with van der Waals surface area (Å²) in [6.07, 6.45) is 2.41. The number of benzene rings is 1. The highest BCUT2D eigenvalue weighted by atomic mass is 127. The smallest absolute Gasteiger partial charge is 0.194 e. The number of nitrogens with zero attached hydrogens (tertiary/aromatic N) is 2. The van der Waals surface area contributed by atoms with Crippen LogP contribution in [0.4, 0.5) is 4.39 Å². The minimum absolute atomic E-state index is 0. The van der Waals surface area contributed by atoms with E-state index in [1.807, 2.05) is 6.07 Å². The average Bonchev–Trinajstić information content (AvgIpc) is 2.55. The molecule has 24 heavy (non-hydrogen) atoms.